The lowest BCUT2D eigenvalue weighted by Crippen LogP contribution is -2.51. The molecule has 4 aliphatic rings. The van der Waals surface area contributed by atoms with E-state index in [0.717, 1.165) is 48.9 Å². The van der Waals surface area contributed by atoms with E-state index in [0.29, 0.717) is 23.2 Å². The lowest BCUT2D eigenvalue weighted by Gasteiger charge is -2.58. The molecule has 0 saturated heterocycles. The van der Waals surface area contributed by atoms with Gasteiger partial charge in [-0.3, -0.25) is 4.79 Å². The molecule has 0 aromatic rings. The quantitative estimate of drug-likeness (QED) is 0.0755. The van der Waals surface area contributed by atoms with Crippen LogP contribution in [-0.4, -0.2) is 12.1 Å². The van der Waals surface area contributed by atoms with Crippen molar-refractivity contribution in [2.45, 2.75) is 202 Å². The molecule has 0 aliphatic heterocycles. The van der Waals surface area contributed by atoms with E-state index in [9.17, 15) is 4.79 Å². The molecule has 3 fully saturated rings. The van der Waals surface area contributed by atoms with Gasteiger partial charge in [0.25, 0.3) is 0 Å². The smallest absolute Gasteiger partial charge is 0.306 e. The number of hydrogen-bond donors (Lipinski definition) is 0. The SMILES string of the molecule is C=C(CCC(C)C1CCC2C3CC=C4CC(OC(=O)CCCCCCCCCCCCCCC)CCC4(C)C3CCC12C)C(C)C. The Kier molecular flexibility index (Phi) is 14.8. The number of hydrogen-bond acceptors (Lipinski definition) is 2. The maximum atomic E-state index is 12.8. The zero-order valence-corrected chi connectivity index (χ0v) is 31.6. The standard InChI is InChI=1S/C44H76O2/c1-8-9-10-11-12-13-14-15-16-17-18-19-20-21-42(45)46-37-28-30-43(6)36(32-37)24-25-38-40-27-26-39(44(40,7)31-29-41(38)43)35(5)23-22-34(4)33(2)3/h24,33,35,37-41H,4,8-23,25-32H2,1-3,5-7H3. The van der Waals surface area contributed by atoms with Crippen LogP contribution in [-0.2, 0) is 9.53 Å². The average molecular weight is 637 g/mol. The van der Waals surface area contributed by atoms with Crippen molar-refractivity contribution in [1.29, 1.82) is 0 Å². The second-order valence-corrected chi connectivity index (χ2v) is 17.7. The first kappa shape index (κ1) is 37.8. The van der Waals surface area contributed by atoms with E-state index in [1.807, 2.05) is 0 Å². The van der Waals surface area contributed by atoms with E-state index in [1.54, 1.807) is 5.57 Å². The van der Waals surface area contributed by atoms with Crippen molar-refractivity contribution in [2.24, 2.45) is 46.3 Å². The number of carbonyl (C=O) groups is 1. The van der Waals surface area contributed by atoms with Gasteiger partial charge in [0.1, 0.15) is 6.10 Å². The molecule has 0 N–H and O–H groups in total. The predicted molar refractivity (Wildman–Crippen MR) is 198 cm³/mol. The first-order chi connectivity index (χ1) is 22.1. The molecule has 8 unspecified atom stereocenters. The fraction of sp³-hybridized carbons (Fsp3) is 0.886. The summed E-state index contributed by atoms with van der Waals surface area (Å²) in [4.78, 5) is 12.8. The molecule has 46 heavy (non-hydrogen) atoms. The maximum Gasteiger partial charge on any atom is 0.306 e. The lowest BCUT2D eigenvalue weighted by atomic mass is 9.47. The van der Waals surface area contributed by atoms with Gasteiger partial charge in [0.15, 0.2) is 0 Å². The van der Waals surface area contributed by atoms with Gasteiger partial charge in [-0.1, -0.05) is 142 Å². The van der Waals surface area contributed by atoms with Gasteiger partial charge in [-0.25, -0.2) is 0 Å². The molecule has 0 radical (unpaired) electrons. The first-order valence-corrected chi connectivity index (χ1v) is 20.7. The Morgan fingerprint density at radius 3 is 2.09 bits per heavy atom. The van der Waals surface area contributed by atoms with Crippen LogP contribution in [0.1, 0.15) is 196 Å². The highest BCUT2D eigenvalue weighted by atomic mass is 16.5. The molecular formula is C44H76O2. The molecular weight excluding hydrogens is 560 g/mol. The van der Waals surface area contributed by atoms with Crippen LogP contribution in [0.3, 0.4) is 0 Å². The summed E-state index contributed by atoms with van der Waals surface area (Å²) in [6, 6.07) is 0. The molecule has 0 heterocycles. The second-order valence-electron chi connectivity index (χ2n) is 17.7. The van der Waals surface area contributed by atoms with Crippen LogP contribution in [0.25, 0.3) is 0 Å². The molecule has 0 aromatic carbocycles. The number of allylic oxidation sites excluding steroid dienone is 2. The third-order valence-electron chi connectivity index (χ3n) is 14.3. The highest BCUT2D eigenvalue weighted by molar-refractivity contribution is 5.69. The third-order valence-corrected chi connectivity index (χ3v) is 14.3. The molecule has 0 bridgehead atoms. The third kappa shape index (κ3) is 9.55. The van der Waals surface area contributed by atoms with Gasteiger partial charge in [0, 0.05) is 12.8 Å². The van der Waals surface area contributed by atoms with Gasteiger partial charge in [0.05, 0.1) is 0 Å². The van der Waals surface area contributed by atoms with Crippen molar-refractivity contribution in [3.63, 3.8) is 0 Å². The van der Waals surface area contributed by atoms with Crippen LogP contribution in [0.2, 0.25) is 0 Å². The van der Waals surface area contributed by atoms with E-state index >= 15 is 0 Å². The minimum absolute atomic E-state index is 0.0579. The fourth-order valence-electron chi connectivity index (χ4n) is 11.1. The van der Waals surface area contributed by atoms with Crippen LogP contribution < -0.4 is 0 Å². The number of unbranched alkanes of at least 4 members (excludes halogenated alkanes) is 12. The fourth-order valence-corrected chi connectivity index (χ4v) is 11.1. The Hall–Kier alpha value is -1.05. The van der Waals surface area contributed by atoms with Crippen molar-refractivity contribution in [1.82, 2.24) is 0 Å². The van der Waals surface area contributed by atoms with Crippen molar-refractivity contribution >= 4 is 5.97 Å². The summed E-state index contributed by atoms with van der Waals surface area (Å²) >= 11 is 0. The number of fused-ring (bicyclic) bond motifs is 5. The Balaban J connectivity index is 1.15. The Morgan fingerprint density at radius 1 is 0.826 bits per heavy atom. The molecule has 0 amide bonds. The monoisotopic (exact) mass is 637 g/mol. The van der Waals surface area contributed by atoms with Crippen LogP contribution in [0, 0.1) is 46.3 Å². The van der Waals surface area contributed by atoms with E-state index < -0.39 is 0 Å². The summed E-state index contributed by atoms with van der Waals surface area (Å²) in [6.07, 6.45) is 33.5. The number of ether oxygens (including phenoxy) is 1. The van der Waals surface area contributed by atoms with Gasteiger partial charge in [-0.05, 0) is 111 Å². The van der Waals surface area contributed by atoms with Crippen molar-refractivity contribution in [3.8, 4) is 0 Å². The van der Waals surface area contributed by atoms with Crippen LogP contribution in [0.15, 0.2) is 23.8 Å². The number of rotatable bonds is 20. The molecule has 4 rings (SSSR count). The zero-order valence-electron chi connectivity index (χ0n) is 31.6. The molecule has 3 saturated carbocycles. The highest BCUT2D eigenvalue weighted by Crippen LogP contribution is 2.67. The molecule has 0 aromatic heterocycles. The van der Waals surface area contributed by atoms with E-state index in [2.05, 4.69) is 54.2 Å². The van der Waals surface area contributed by atoms with Gasteiger partial charge in [0.2, 0.25) is 0 Å². The molecule has 8 atom stereocenters. The summed E-state index contributed by atoms with van der Waals surface area (Å²) < 4.78 is 6.12. The van der Waals surface area contributed by atoms with Crippen LogP contribution >= 0.6 is 0 Å². The number of esters is 1. The Morgan fingerprint density at radius 2 is 1.46 bits per heavy atom. The van der Waals surface area contributed by atoms with E-state index in [-0.39, 0.29) is 12.1 Å². The summed E-state index contributed by atoms with van der Waals surface area (Å²) in [5, 5.41) is 0. The molecule has 264 valence electrons. The van der Waals surface area contributed by atoms with Crippen molar-refractivity contribution in [2.75, 3.05) is 0 Å². The summed E-state index contributed by atoms with van der Waals surface area (Å²) in [5.41, 5.74) is 3.91. The minimum Gasteiger partial charge on any atom is -0.462 e. The topological polar surface area (TPSA) is 26.3 Å². The molecule has 2 heteroatoms. The van der Waals surface area contributed by atoms with Crippen LogP contribution in [0.5, 0.6) is 0 Å². The second kappa shape index (κ2) is 18.1. The largest absolute Gasteiger partial charge is 0.462 e. The van der Waals surface area contributed by atoms with Gasteiger partial charge >= 0.3 is 5.97 Å². The summed E-state index contributed by atoms with van der Waals surface area (Å²) in [7, 11) is 0. The first-order valence-electron chi connectivity index (χ1n) is 20.7. The van der Waals surface area contributed by atoms with Gasteiger partial charge < -0.3 is 4.74 Å². The van der Waals surface area contributed by atoms with E-state index in [1.165, 1.54) is 134 Å². The van der Waals surface area contributed by atoms with Crippen molar-refractivity contribution in [3.05, 3.63) is 23.8 Å². The highest BCUT2D eigenvalue weighted by Gasteiger charge is 2.59. The van der Waals surface area contributed by atoms with Gasteiger partial charge in [-0.2, -0.15) is 0 Å². The number of carbonyl (C=O) groups excluding carboxylic acids is 1. The average Bonchev–Trinajstić information content (AvgIpc) is 3.39. The van der Waals surface area contributed by atoms with E-state index in [4.69, 9.17) is 4.74 Å². The maximum absolute atomic E-state index is 12.8. The molecule has 2 nitrogen and oxygen atoms in total. The van der Waals surface area contributed by atoms with Gasteiger partial charge in [-0.15, -0.1) is 0 Å². The molecule has 0 spiro atoms. The predicted octanol–water partition coefficient (Wildman–Crippen LogP) is 13.6. The lowest BCUT2D eigenvalue weighted by molar-refractivity contribution is -0.151. The minimum atomic E-state index is 0.0579. The zero-order chi connectivity index (χ0) is 33.2. The normalized spacial score (nSPS) is 32.8. The van der Waals surface area contributed by atoms with Crippen molar-refractivity contribution < 1.29 is 9.53 Å². The molecule has 4 aliphatic carbocycles. The summed E-state index contributed by atoms with van der Waals surface area (Å²) in [5.74, 6) is 4.91. The Labute approximate surface area is 286 Å². The Bertz CT molecular complexity index is 976. The van der Waals surface area contributed by atoms with Crippen LogP contribution in [0.4, 0.5) is 0 Å². The summed E-state index contributed by atoms with van der Waals surface area (Å²) in [6.45, 7) is 19.1.